The number of esters is 1. The van der Waals surface area contributed by atoms with Crippen LogP contribution < -0.4 is 5.43 Å². The van der Waals surface area contributed by atoms with Crippen LogP contribution >= 0.6 is 0 Å². The summed E-state index contributed by atoms with van der Waals surface area (Å²) in [5, 5.41) is 4.28. The second kappa shape index (κ2) is 6.41. The molecule has 0 bridgehead atoms. The van der Waals surface area contributed by atoms with E-state index in [0.29, 0.717) is 12.0 Å². The normalized spacial score (nSPS) is 24.0. The molecule has 1 aliphatic heterocycles. The van der Waals surface area contributed by atoms with Crippen LogP contribution in [-0.2, 0) is 16.0 Å². The highest BCUT2D eigenvalue weighted by Crippen LogP contribution is 2.43. The Morgan fingerprint density at radius 3 is 2.69 bits per heavy atom. The molecule has 1 heterocycles. The van der Waals surface area contributed by atoms with E-state index in [1.54, 1.807) is 6.92 Å². The minimum Gasteiger partial charge on any atom is -0.461 e. The molecule has 2 aromatic rings. The number of nitrogens with zero attached hydrogens (tertiary/aromatic N) is 1. The lowest BCUT2D eigenvalue weighted by molar-refractivity contribution is -0.135. The highest BCUT2D eigenvalue weighted by molar-refractivity contribution is 6.40. The van der Waals surface area contributed by atoms with Gasteiger partial charge in [-0.05, 0) is 30.9 Å². The molecule has 0 radical (unpaired) electrons. The summed E-state index contributed by atoms with van der Waals surface area (Å²) in [6.07, 6.45) is 1.33. The third-order valence-electron chi connectivity index (χ3n) is 5.22. The zero-order chi connectivity index (χ0) is 18.1. The zero-order valence-corrected chi connectivity index (χ0v) is 14.6. The van der Waals surface area contributed by atoms with E-state index >= 15 is 0 Å². The van der Waals surface area contributed by atoms with Crippen molar-refractivity contribution < 1.29 is 14.3 Å². The number of benzene rings is 2. The van der Waals surface area contributed by atoms with Crippen LogP contribution in [-0.4, -0.2) is 29.6 Å². The molecular formula is C21H20N2O3. The maximum Gasteiger partial charge on any atom is 0.355 e. The molecule has 0 aromatic heterocycles. The van der Waals surface area contributed by atoms with Crippen molar-refractivity contribution >= 4 is 17.5 Å². The summed E-state index contributed by atoms with van der Waals surface area (Å²) in [4.78, 5) is 26.0. The highest BCUT2D eigenvalue weighted by atomic mass is 16.5. The lowest BCUT2D eigenvalue weighted by atomic mass is 9.67. The third kappa shape index (κ3) is 2.43. The highest BCUT2D eigenvalue weighted by Gasteiger charge is 2.55. The molecule has 1 spiro atoms. The Kier molecular flexibility index (Phi) is 4.07. The molecule has 0 saturated carbocycles. The van der Waals surface area contributed by atoms with Crippen LogP contribution in [0, 0.1) is 0 Å². The van der Waals surface area contributed by atoms with Gasteiger partial charge in [0.25, 0.3) is 0 Å². The predicted octanol–water partition coefficient (Wildman–Crippen LogP) is 2.86. The summed E-state index contributed by atoms with van der Waals surface area (Å²) in [5.74, 6) is -0.961. The molecule has 5 nitrogen and oxygen atoms in total. The molecule has 1 aliphatic carbocycles. The fraction of sp³-hybridized carbons (Fsp3) is 0.286. The van der Waals surface area contributed by atoms with Crippen molar-refractivity contribution in [2.45, 2.75) is 31.2 Å². The number of hydrazone groups is 1. The van der Waals surface area contributed by atoms with Crippen LogP contribution in [0.3, 0.4) is 0 Å². The first kappa shape index (κ1) is 16.5. The first-order chi connectivity index (χ1) is 12.7. The molecule has 0 unspecified atom stereocenters. The van der Waals surface area contributed by atoms with E-state index in [2.05, 4.69) is 10.5 Å². The topological polar surface area (TPSA) is 67.8 Å². The zero-order valence-electron chi connectivity index (χ0n) is 14.6. The van der Waals surface area contributed by atoms with Gasteiger partial charge >= 0.3 is 5.97 Å². The largest absolute Gasteiger partial charge is 0.461 e. The summed E-state index contributed by atoms with van der Waals surface area (Å²) >= 11 is 0. The first-order valence-electron chi connectivity index (χ1n) is 8.87. The molecular weight excluding hydrogens is 328 g/mol. The number of Topliss-reactive ketones (excluding diaryl/α,β-unsaturated/α-hetero) is 1. The average Bonchev–Trinajstić information content (AvgIpc) is 3.06. The van der Waals surface area contributed by atoms with E-state index in [0.717, 1.165) is 17.5 Å². The Bertz CT molecular complexity index is 891. The van der Waals surface area contributed by atoms with Crippen LogP contribution in [0.4, 0.5) is 0 Å². The lowest BCUT2D eigenvalue weighted by Crippen LogP contribution is -2.55. The average molecular weight is 348 g/mol. The van der Waals surface area contributed by atoms with E-state index in [1.165, 1.54) is 0 Å². The van der Waals surface area contributed by atoms with Gasteiger partial charge in [0.05, 0.1) is 12.5 Å². The van der Waals surface area contributed by atoms with Gasteiger partial charge in [0.2, 0.25) is 0 Å². The monoisotopic (exact) mass is 348 g/mol. The minimum absolute atomic E-state index is 0.0174. The molecule has 0 saturated heterocycles. The molecule has 0 amide bonds. The number of rotatable bonds is 3. The SMILES string of the molecule is CCOC(=O)C1=NN[C@@]2(CCc3ccccc3C2=O)[C@H]1c1ccccc1. The summed E-state index contributed by atoms with van der Waals surface area (Å²) in [6, 6.07) is 17.2. The molecule has 132 valence electrons. The fourth-order valence-corrected chi connectivity index (χ4v) is 4.01. The standard InChI is InChI=1S/C21H20N2O3/c1-2-26-20(25)18-17(15-9-4-3-5-10-15)21(23-22-18)13-12-14-8-6-7-11-16(14)19(21)24/h3-11,17,23H,2,12-13H2,1H3/t17-,21-/m0/s1. The van der Waals surface area contributed by atoms with E-state index < -0.39 is 17.4 Å². The number of hydrogen-bond acceptors (Lipinski definition) is 5. The van der Waals surface area contributed by atoms with Gasteiger partial charge in [-0.25, -0.2) is 4.79 Å². The van der Waals surface area contributed by atoms with E-state index in [1.807, 2.05) is 54.6 Å². The fourth-order valence-electron chi connectivity index (χ4n) is 4.01. The second-order valence-electron chi connectivity index (χ2n) is 6.63. The van der Waals surface area contributed by atoms with Crippen LogP contribution in [0.15, 0.2) is 59.7 Å². The summed E-state index contributed by atoms with van der Waals surface area (Å²) in [7, 11) is 0. The quantitative estimate of drug-likeness (QED) is 0.866. The summed E-state index contributed by atoms with van der Waals surface area (Å²) < 4.78 is 5.20. The van der Waals surface area contributed by atoms with Gasteiger partial charge in [0.15, 0.2) is 11.5 Å². The Balaban J connectivity index is 1.82. The summed E-state index contributed by atoms with van der Waals surface area (Å²) in [6.45, 7) is 2.03. The van der Waals surface area contributed by atoms with Crippen LogP contribution in [0.1, 0.15) is 40.7 Å². The molecule has 2 atom stereocenters. The number of carbonyl (C=O) groups excluding carboxylic acids is 2. The maximum absolute atomic E-state index is 13.5. The van der Waals surface area contributed by atoms with Gasteiger partial charge in [-0.15, -0.1) is 0 Å². The van der Waals surface area contributed by atoms with Crippen molar-refractivity contribution in [2.24, 2.45) is 5.10 Å². The van der Waals surface area contributed by atoms with Crippen LogP contribution in [0.5, 0.6) is 0 Å². The van der Waals surface area contributed by atoms with Gasteiger partial charge in [0.1, 0.15) is 5.54 Å². The molecule has 1 N–H and O–H groups in total. The van der Waals surface area contributed by atoms with Crippen LogP contribution in [0.2, 0.25) is 0 Å². The number of fused-ring (bicyclic) bond motifs is 1. The van der Waals surface area contributed by atoms with Gasteiger partial charge in [0, 0.05) is 5.56 Å². The minimum atomic E-state index is -0.947. The molecule has 5 heteroatoms. The Morgan fingerprint density at radius 2 is 1.92 bits per heavy atom. The second-order valence-corrected chi connectivity index (χ2v) is 6.63. The molecule has 2 aliphatic rings. The van der Waals surface area contributed by atoms with Crippen molar-refractivity contribution in [1.29, 1.82) is 0 Å². The van der Waals surface area contributed by atoms with E-state index in [-0.39, 0.29) is 18.1 Å². The Labute approximate surface area is 152 Å². The number of hydrogen-bond donors (Lipinski definition) is 1. The molecule has 26 heavy (non-hydrogen) atoms. The smallest absolute Gasteiger partial charge is 0.355 e. The van der Waals surface area contributed by atoms with Crippen molar-refractivity contribution in [2.75, 3.05) is 6.61 Å². The number of aryl methyl sites for hydroxylation is 1. The molecule has 0 fully saturated rings. The van der Waals surface area contributed by atoms with Gasteiger partial charge in [-0.3, -0.25) is 10.2 Å². The molecule has 2 aromatic carbocycles. The van der Waals surface area contributed by atoms with Crippen molar-refractivity contribution in [1.82, 2.24) is 5.43 Å². The number of nitrogens with one attached hydrogen (secondary N) is 1. The maximum atomic E-state index is 13.5. The Hall–Kier alpha value is -2.95. The van der Waals surface area contributed by atoms with Gasteiger partial charge < -0.3 is 4.74 Å². The van der Waals surface area contributed by atoms with Crippen molar-refractivity contribution in [3.63, 3.8) is 0 Å². The van der Waals surface area contributed by atoms with E-state index in [4.69, 9.17) is 4.74 Å². The third-order valence-corrected chi connectivity index (χ3v) is 5.22. The predicted molar refractivity (Wildman–Crippen MR) is 98.2 cm³/mol. The summed E-state index contributed by atoms with van der Waals surface area (Å²) in [5.41, 5.74) is 4.99. The first-order valence-corrected chi connectivity index (χ1v) is 8.87. The number of carbonyl (C=O) groups is 2. The number of ether oxygens (including phenoxy) is 1. The lowest BCUT2D eigenvalue weighted by Gasteiger charge is -2.37. The van der Waals surface area contributed by atoms with Gasteiger partial charge in [-0.1, -0.05) is 54.6 Å². The van der Waals surface area contributed by atoms with Crippen LogP contribution in [0.25, 0.3) is 0 Å². The molecule has 4 rings (SSSR count). The Morgan fingerprint density at radius 1 is 1.19 bits per heavy atom. The van der Waals surface area contributed by atoms with E-state index in [9.17, 15) is 9.59 Å². The van der Waals surface area contributed by atoms with Crippen molar-refractivity contribution in [3.05, 3.63) is 71.3 Å². The number of ketones is 1. The van der Waals surface area contributed by atoms with Gasteiger partial charge in [-0.2, -0.15) is 5.10 Å². The van der Waals surface area contributed by atoms with Crippen molar-refractivity contribution in [3.8, 4) is 0 Å².